The van der Waals surface area contributed by atoms with Gasteiger partial charge in [0.1, 0.15) is 11.9 Å². The van der Waals surface area contributed by atoms with Crippen molar-refractivity contribution in [3.05, 3.63) is 11.6 Å². The largest absolute Gasteiger partial charge is 0.480 e. The molecule has 0 saturated carbocycles. The summed E-state index contributed by atoms with van der Waals surface area (Å²) in [4.78, 5) is 11.3. The highest BCUT2D eigenvalue weighted by Gasteiger charge is 2.33. The van der Waals surface area contributed by atoms with Crippen LogP contribution >= 0.6 is 0 Å². The zero-order valence-corrected chi connectivity index (χ0v) is 9.59. The van der Waals surface area contributed by atoms with Gasteiger partial charge in [0.05, 0.1) is 6.04 Å². The Kier molecular flexibility index (Phi) is 2.58. The van der Waals surface area contributed by atoms with E-state index in [-0.39, 0.29) is 6.04 Å². The van der Waals surface area contributed by atoms with Crippen molar-refractivity contribution in [1.82, 2.24) is 20.1 Å². The number of carboxylic acids is 1. The Morgan fingerprint density at radius 3 is 2.94 bits per heavy atom. The van der Waals surface area contributed by atoms with Crippen LogP contribution in [-0.4, -0.2) is 32.4 Å². The third-order valence-corrected chi connectivity index (χ3v) is 3.64. The predicted octanol–water partition coefficient (Wildman–Crippen LogP) is 0.665. The van der Waals surface area contributed by atoms with Crippen LogP contribution < -0.4 is 5.32 Å². The van der Waals surface area contributed by atoms with E-state index in [0.717, 1.165) is 43.9 Å². The van der Waals surface area contributed by atoms with E-state index in [1.165, 1.54) is 0 Å². The molecule has 6 nitrogen and oxygen atoms in total. The SMILES string of the molecule is O=C(O)C1CCCc2nnc(C3CCCN3)n21. The van der Waals surface area contributed by atoms with Crippen LogP contribution in [0.1, 0.15) is 49.4 Å². The molecular formula is C11H16N4O2. The molecule has 0 aromatic carbocycles. The molecule has 0 aliphatic carbocycles. The van der Waals surface area contributed by atoms with Crippen LogP contribution in [-0.2, 0) is 11.2 Å². The number of fused-ring (bicyclic) bond motifs is 1. The van der Waals surface area contributed by atoms with E-state index in [4.69, 9.17) is 0 Å². The topological polar surface area (TPSA) is 80.0 Å². The number of aliphatic carboxylic acids is 1. The average Bonchev–Trinajstić information content (AvgIpc) is 2.96. The van der Waals surface area contributed by atoms with Gasteiger partial charge in [-0.2, -0.15) is 0 Å². The molecule has 92 valence electrons. The number of nitrogens with one attached hydrogen (secondary N) is 1. The molecule has 0 radical (unpaired) electrons. The van der Waals surface area contributed by atoms with Crippen LogP contribution in [0.2, 0.25) is 0 Å². The highest BCUT2D eigenvalue weighted by Crippen LogP contribution is 2.30. The summed E-state index contributed by atoms with van der Waals surface area (Å²) in [7, 11) is 0. The summed E-state index contributed by atoms with van der Waals surface area (Å²) < 4.78 is 1.84. The standard InChI is InChI=1S/C11H16N4O2/c16-11(17)8-4-1-5-9-13-14-10(15(8)9)7-3-2-6-12-7/h7-8,12H,1-6H2,(H,16,17). The van der Waals surface area contributed by atoms with Gasteiger partial charge in [-0.25, -0.2) is 4.79 Å². The molecule has 2 aliphatic rings. The minimum Gasteiger partial charge on any atom is -0.480 e. The van der Waals surface area contributed by atoms with Gasteiger partial charge in [0.15, 0.2) is 5.82 Å². The highest BCUT2D eigenvalue weighted by atomic mass is 16.4. The van der Waals surface area contributed by atoms with Gasteiger partial charge in [-0.3, -0.25) is 4.57 Å². The van der Waals surface area contributed by atoms with Gasteiger partial charge >= 0.3 is 5.97 Å². The maximum Gasteiger partial charge on any atom is 0.326 e. The van der Waals surface area contributed by atoms with E-state index in [1.54, 1.807) is 0 Å². The van der Waals surface area contributed by atoms with Crippen molar-refractivity contribution >= 4 is 5.97 Å². The van der Waals surface area contributed by atoms with Gasteiger partial charge in [-0.15, -0.1) is 10.2 Å². The maximum atomic E-state index is 11.3. The van der Waals surface area contributed by atoms with Crippen LogP contribution in [0.5, 0.6) is 0 Å². The number of nitrogens with zero attached hydrogens (tertiary/aromatic N) is 3. The van der Waals surface area contributed by atoms with Gasteiger partial charge in [0.25, 0.3) is 0 Å². The van der Waals surface area contributed by atoms with E-state index < -0.39 is 12.0 Å². The number of rotatable bonds is 2. The summed E-state index contributed by atoms with van der Waals surface area (Å²) >= 11 is 0. The molecule has 0 bridgehead atoms. The fourth-order valence-electron chi connectivity index (χ4n) is 2.81. The second-order valence-corrected chi connectivity index (χ2v) is 4.74. The Bertz CT molecular complexity index is 437. The molecule has 17 heavy (non-hydrogen) atoms. The molecule has 1 saturated heterocycles. The molecule has 2 aliphatic heterocycles. The summed E-state index contributed by atoms with van der Waals surface area (Å²) in [5.74, 6) is 0.863. The van der Waals surface area contributed by atoms with E-state index in [9.17, 15) is 9.90 Å². The Hall–Kier alpha value is -1.43. The molecule has 6 heteroatoms. The molecule has 1 fully saturated rings. The number of carboxylic acid groups (broad SMARTS) is 1. The molecule has 2 N–H and O–H groups in total. The monoisotopic (exact) mass is 236 g/mol. The second kappa shape index (κ2) is 4.10. The molecule has 2 atom stereocenters. The highest BCUT2D eigenvalue weighted by molar-refractivity contribution is 5.72. The quantitative estimate of drug-likeness (QED) is 0.788. The molecule has 0 spiro atoms. The summed E-state index contributed by atoms with van der Waals surface area (Å²) in [6, 6.07) is -0.303. The second-order valence-electron chi connectivity index (χ2n) is 4.74. The van der Waals surface area contributed by atoms with Crippen molar-refractivity contribution in [2.24, 2.45) is 0 Å². The third kappa shape index (κ3) is 1.72. The lowest BCUT2D eigenvalue weighted by molar-refractivity contribution is -0.141. The van der Waals surface area contributed by atoms with Crippen molar-refractivity contribution < 1.29 is 9.90 Å². The molecule has 0 amide bonds. The Morgan fingerprint density at radius 1 is 1.35 bits per heavy atom. The van der Waals surface area contributed by atoms with Gasteiger partial charge < -0.3 is 10.4 Å². The first-order valence-corrected chi connectivity index (χ1v) is 6.17. The average molecular weight is 236 g/mol. The van der Waals surface area contributed by atoms with E-state index in [0.29, 0.717) is 6.42 Å². The van der Waals surface area contributed by atoms with E-state index >= 15 is 0 Å². The zero-order chi connectivity index (χ0) is 11.8. The van der Waals surface area contributed by atoms with E-state index in [1.807, 2.05) is 4.57 Å². The van der Waals surface area contributed by atoms with Gasteiger partial charge in [-0.1, -0.05) is 0 Å². The molecular weight excluding hydrogens is 220 g/mol. The Morgan fingerprint density at radius 2 is 2.24 bits per heavy atom. The number of aryl methyl sites for hydroxylation is 1. The van der Waals surface area contributed by atoms with Crippen LogP contribution in [0.15, 0.2) is 0 Å². The van der Waals surface area contributed by atoms with Crippen molar-refractivity contribution in [2.75, 3.05) is 6.54 Å². The summed E-state index contributed by atoms with van der Waals surface area (Å²) in [6.45, 7) is 0.977. The van der Waals surface area contributed by atoms with Gasteiger partial charge in [-0.05, 0) is 32.2 Å². The van der Waals surface area contributed by atoms with Gasteiger partial charge in [0, 0.05) is 6.42 Å². The lowest BCUT2D eigenvalue weighted by atomic mass is 10.0. The van der Waals surface area contributed by atoms with Crippen molar-refractivity contribution in [3.8, 4) is 0 Å². The van der Waals surface area contributed by atoms with Crippen molar-refractivity contribution in [2.45, 2.75) is 44.2 Å². The zero-order valence-electron chi connectivity index (χ0n) is 9.59. The number of carbonyl (C=O) groups is 1. The fourth-order valence-corrected chi connectivity index (χ4v) is 2.81. The number of hydrogen-bond acceptors (Lipinski definition) is 4. The molecule has 3 rings (SSSR count). The molecule has 1 aromatic heterocycles. The minimum atomic E-state index is -0.773. The van der Waals surface area contributed by atoms with Crippen LogP contribution in [0, 0.1) is 0 Å². The van der Waals surface area contributed by atoms with Crippen LogP contribution in [0.4, 0.5) is 0 Å². The first-order valence-electron chi connectivity index (χ1n) is 6.17. The smallest absolute Gasteiger partial charge is 0.326 e. The molecule has 2 unspecified atom stereocenters. The molecule has 1 aromatic rings. The summed E-state index contributed by atoms with van der Waals surface area (Å²) in [6.07, 6.45) is 4.53. The van der Waals surface area contributed by atoms with Crippen molar-refractivity contribution in [3.63, 3.8) is 0 Å². The normalized spacial score (nSPS) is 28.0. The fraction of sp³-hybridized carbons (Fsp3) is 0.727. The predicted molar refractivity (Wildman–Crippen MR) is 59.6 cm³/mol. The van der Waals surface area contributed by atoms with Gasteiger partial charge in [0.2, 0.25) is 0 Å². The lowest BCUT2D eigenvalue weighted by Crippen LogP contribution is -2.29. The number of hydrogen-bond donors (Lipinski definition) is 2. The first-order chi connectivity index (χ1) is 8.27. The van der Waals surface area contributed by atoms with Crippen molar-refractivity contribution in [1.29, 1.82) is 0 Å². The minimum absolute atomic E-state index is 0.177. The Balaban J connectivity index is 2.00. The lowest BCUT2D eigenvalue weighted by Gasteiger charge is -2.24. The molecule has 3 heterocycles. The Labute approximate surface area is 99.0 Å². The number of aromatic nitrogens is 3. The van der Waals surface area contributed by atoms with Crippen LogP contribution in [0.25, 0.3) is 0 Å². The summed E-state index contributed by atoms with van der Waals surface area (Å²) in [5, 5.41) is 21.0. The third-order valence-electron chi connectivity index (χ3n) is 3.64. The first kappa shape index (κ1) is 10.7. The summed E-state index contributed by atoms with van der Waals surface area (Å²) in [5.41, 5.74) is 0. The van der Waals surface area contributed by atoms with E-state index in [2.05, 4.69) is 15.5 Å². The van der Waals surface area contributed by atoms with Crippen LogP contribution in [0.3, 0.4) is 0 Å². The maximum absolute atomic E-state index is 11.3.